The summed E-state index contributed by atoms with van der Waals surface area (Å²) in [6.07, 6.45) is 5.20. The zero-order chi connectivity index (χ0) is 14.1. The van der Waals surface area contributed by atoms with Crippen LogP contribution < -0.4 is 5.73 Å². The predicted octanol–water partition coefficient (Wildman–Crippen LogP) is 1.84. The van der Waals surface area contributed by atoms with E-state index in [1.54, 1.807) is 11.3 Å². The van der Waals surface area contributed by atoms with Gasteiger partial charge in [0, 0.05) is 23.9 Å². The summed E-state index contributed by atoms with van der Waals surface area (Å²) in [5.41, 5.74) is 7.02. The van der Waals surface area contributed by atoms with Crippen LogP contribution in [0.15, 0.2) is 11.2 Å². The largest absolute Gasteiger partial charge is 0.409 e. The van der Waals surface area contributed by atoms with E-state index in [0.717, 1.165) is 37.1 Å². The number of oxime groups is 1. The smallest absolute Gasteiger partial charge is 0.263 e. The van der Waals surface area contributed by atoms with E-state index in [4.69, 9.17) is 10.9 Å². The molecule has 1 aliphatic carbocycles. The summed E-state index contributed by atoms with van der Waals surface area (Å²) in [5.74, 6) is 0.306. The first-order valence-corrected chi connectivity index (χ1v) is 7.89. The Morgan fingerprint density at radius 3 is 3.05 bits per heavy atom. The number of amides is 1. The number of carbonyl (C=O) groups excluding carboxylic acids is 1. The molecule has 2 aliphatic rings. The van der Waals surface area contributed by atoms with Gasteiger partial charge in [0.25, 0.3) is 5.91 Å². The summed E-state index contributed by atoms with van der Waals surface area (Å²) in [5, 5.41) is 11.8. The van der Waals surface area contributed by atoms with E-state index in [9.17, 15) is 4.79 Å². The van der Waals surface area contributed by atoms with E-state index in [0.29, 0.717) is 6.54 Å². The van der Waals surface area contributed by atoms with Crippen molar-refractivity contribution in [1.82, 2.24) is 4.90 Å². The minimum absolute atomic E-state index is 0.0236. The third-order valence-corrected chi connectivity index (χ3v) is 5.42. The Hall–Kier alpha value is -1.56. The lowest BCUT2D eigenvalue weighted by Crippen LogP contribution is -2.44. The van der Waals surface area contributed by atoms with Crippen LogP contribution in [0.4, 0.5) is 0 Å². The van der Waals surface area contributed by atoms with Gasteiger partial charge in [0.2, 0.25) is 0 Å². The second-order valence-electron chi connectivity index (χ2n) is 5.53. The molecule has 0 aromatic carbocycles. The SMILES string of the molecule is NC(=NO)C1CCCN(C(=O)c2cc3c(s2)CCC3)C1. The minimum atomic E-state index is -0.0236. The number of fused-ring (bicyclic) bond motifs is 1. The van der Waals surface area contributed by atoms with Gasteiger partial charge in [0.05, 0.1) is 4.88 Å². The van der Waals surface area contributed by atoms with Gasteiger partial charge in [-0.1, -0.05) is 5.16 Å². The number of piperidine rings is 1. The van der Waals surface area contributed by atoms with E-state index in [1.165, 1.54) is 16.9 Å². The maximum atomic E-state index is 12.6. The molecule has 0 radical (unpaired) electrons. The number of likely N-dealkylation sites (tertiary alicyclic amines) is 1. The number of aryl methyl sites for hydroxylation is 2. The van der Waals surface area contributed by atoms with Gasteiger partial charge in [-0.05, 0) is 43.7 Å². The van der Waals surface area contributed by atoms with Crippen LogP contribution in [-0.2, 0) is 12.8 Å². The molecular formula is C14H19N3O2S. The summed E-state index contributed by atoms with van der Waals surface area (Å²) in [6.45, 7) is 1.31. The van der Waals surface area contributed by atoms with Crippen molar-refractivity contribution in [3.05, 3.63) is 21.4 Å². The Morgan fingerprint density at radius 2 is 2.30 bits per heavy atom. The zero-order valence-corrected chi connectivity index (χ0v) is 12.2. The van der Waals surface area contributed by atoms with Gasteiger partial charge in [-0.25, -0.2) is 0 Å². The minimum Gasteiger partial charge on any atom is -0.409 e. The average Bonchev–Trinajstić information content (AvgIpc) is 3.07. The molecule has 1 amide bonds. The number of hydrogen-bond acceptors (Lipinski definition) is 4. The summed E-state index contributed by atoms with van der Waals surface area (Å²) in [4.78, 5) is 16.6. The molecule has 3 rings (SSSR count). The van der Waals surface area contributed by atoms with E-state index >= 15 is 0 Å². The summed E-state index contributed by atoms with van der Waals surface area (Å²) in [6, 6.07) is 2.06. The fourth-order valence-corrected chi connectivity index (χ4v) is 4.30. The van der Waals surface area contributed by atoms with Crippen molar-refractivity contribution >= 4 is 23.1 Å². The van der Waals surface area contributed by atoms with Gasteiger partial charge in [-0.15, -0.1) is 11.3 Å². The van der Waals surface area contributed by atoms with E-state index < -0.39 is 0 Å². The highest BCUT2D eigenvalue weighted by Crippen LogP contribution is 2.32. The summed E-state index contributed by atoms with van der Waals surface area (Å²) in [7, 11) is 0. The van der Waals surface area contributed by atoms with Gasteiger partial charge >= 0.3 is 0 Å². The van der Waals surface area contributed by atoms with Gasteiger partial charge in [-0.2, -0.15) is 0 Å². The molecule has 1 atom stereocenters. The Kier molecular flexibility index (Phi) is 3.65. The number of nitrogens with zero attached hydrogens (tertiary/aromatic N) is 2. The zero-order valence-electron chi connectivity index (χ0n) is 11.3. The van der Waals surface area contributed by atoms with Crippen LogP contribution in [0.25, 0.3) is 0 Å². The van der Waals surface area contributed by atoms with E-state index in [1.807, 2.05) is 4.90 Å². The molecule has 5 nitrogen and oxygen atoms in total. The molecule has 1 aromatic rings. The van der Waals surface area contributed by atoms with Gasteiger partial charge < -0.3 is 15.8 Å². The van der Waals surface area contributed by atoms with Crippen molar-refractivity contribution in [2.75, 3.05) is 13.1 Å². The number of amidine groups is 1. The maximum absolute atomic E-state index is 12.6. The Morgan fingerprint density at radius 1 is 1.45 bits per heavy atom. The predicted molar refractivity (Wildman–Crippen MR) is 78.4 cm³/mol. The second kappa shape index (κ2) is 5.44. The molecule has 1 aliphatic heterocycles. The maximum Gasteiger partial charge on any atom is 0.263 e. The van der Waals surface area contributed by atoms with Crippen molar-refractivity contribution in [3.8, 4) is 0 Å². The van der Waals surface area contributed by atoms with Gasteiger partial charge in [0.1, 0.15) is 5.84 Å². The number of thiophene rings is 1. The normalized spacial score (nSPS) is 22.9. The van der Waals surface area contributed by atoms with Crippen LogP contribution in [-0.4, -0.2) is 34.9 Å². The molecule has 0 bridgehead atoms. The quantitative estimate of drug-likeness (QED) is 0.378. The molecule has 3 N–H and O–H groups in total. The number of rotatable bonds is 2. The monoisotopic (exact) mass is 293 g/mol. The van der Waals surface area contributed by atoms with Crippen molar-refractivity contribution < 1.29 is 10.0 Å². The molecule has 108 valence electrons. The summed E-state index contributed by atoms with van der Waals surface area (Å²) >= 11 is 1.64. The lowest BCUT2D eigenvalue weighted by molar-refractivity contribution is 0.0706. The van der Waals surface area contributed by atoms with Crippen LogP contribution >= 0.6 is 11.3 Å². The van der Waals surface area contributed by atoms with Crippen LogP contribution in [0.1, 0.15) is 39.4 Å². The lowest BCUT2D eigenvalue weighted by atomic mass is 9.97. The van der Waals surface area contributed by atoms with Gasteiger partial charge in [0.15, 0.2) is 0 Å². The molecule has 1 fully saturated rings. The molecule has 2 heterocycles. The molecule has 0 spiro atoms. The lowest BCUT2D eigenvalue weighted by Gasteiger charge is -2.31. The summed E-state index contributed by atoms with van der Waals surface area (Å²) < 4.78 is 0. The topological polar surface area (TPSA) is 78.9 Å². The van der Waals surface area contributed by atoms with Crippen LogP contribution in [0, 0.1) is 5.92 Å². The Bertz CT molecular complexity index is 531. The first-order chi connectivity index (χ1) is 9.69. The highest BCUT2D eigenvalue weighted by molar-refractivity contribution is 7.14. The molecule has 1 saturated heterocycles. The molecule has 6 heteroatoms. The number of hydrogen-bond donors (Lipinski definition) is 2. The van der Waals surface area contributed by atoms with Crippen LogP contribution in [0.5, 0.6) is 0 Å². The number of nitrogens with two attached hydrogens (primary N) is 1. The van der Waals surface area contributed by atoms with Crippen LogP contribution in [0.3, 0.4) is 0 Å². The Labute approximate surface area is 122 Å². The molecule has 0 saturated carbocycles. The average molecular weight is 293 g/mol. The van der Waals surface area contributed by atoms with Crippen molar-refractivity contribution in [2.24, 2.45) is 16.8 Å². The third kappa shape index (κ3) is 2.40. The third-order valence-electron chi connectivity index (χ3n) is 4.20. The van der Waals surface area contributed by atoms with Crippen molar-refractivity contribution in [2.45, 2.75) is 32.1 Å². The molecular weight excluding hydrogens is 274 g/mol. The van der Waals surface area contributed by atoms with Crippen LogP contribution in [0.2, 0.25) is 0 Å². The van der Waals surface area contributed by atoms with E-state index in [-0.39, 0.29) is 17.7 Å². The highest BCUT2D eigenvalue weighted by atomic mass is 32.1. The first kappa shape index (κ1) is 13.4. The van der Waals surface area contributed by atoms with E-state index in [2.05, 4.69) is 11.2 Å². The second-order valence-corrected chi connectivity index (χ2v) is 6.66. The fourth-order valence-electron chi connectivity index (χ4n) is 3.07. The molecule has 1 aromatic heterocycles. The highest BCUT2D eigenvalue weighted by Gasteiger charge is 2.28. The Balaban J connectivity index is 1.73. The van der Waals surface area contributed by atoms with Crippen molar-refractivity contribution in [3.63, 3.8) is 0 Å². The fraction of sp³-hybridized carbons (Fsp3) is 0.571. The van der Waals surface area contributed by atoms with Gasteiger partial charge in [-0.3, -0.25) is 4.79 Å². The molecule has 1 unspecified atom stereocenters. The standard InChI is InChI=1S/C14H19N3O2S/c15-13(16-19)10-4-2-6-17(8-10)14(18)12-7-9-3-1-5-11(9)20-12/h7,10,19H,1-6,8H2,(H2,15,16). The molecule has 20 heavy (non-hydrogen) atoms. The first-order valence-electron chi connectivity index (χ1n) is 7.07. The van der Waals surface area contributed by atoms with Crippen molar-refractivity contribution in [1.29, 1.82) is 0 Å². The number of carbonyl (C=O) groups is 1.